The molecule has 4 heterocycles. The van der Waals surface area contributed by atoms with Crippen molar-refractivity contribution in [2.75, 3.05) is 45.1 Å². The van der Waals surface area contributed by atoms with Crippen LogP contribution in [0.1, 0.15) is 71.3 Å². The van der Waals surface area contributed by atoms with Crippen molar-refractivity contribution in [3.63, 3.8) is 0 Å². The van der Waals surface area contributed by atoms with Gasteiger partial charge in [-0.15, -0.1) is 11.8 Å². The third-order valence-corrected chi connectivity index (χ3v) is 13.9. The minimum absolute atomic E-state index is 0.282. The first-order chi connectivity index (χ1) is 33.3. The number of primary amides is 1. The molecular weight excluding hydrogens is 935 g/mol. The maximum Gasteiger partial charge on any atom is 0.246 e. The van der Waals surface area contributed by atoms with Crippen molar-refractivity contribution in [3.8, 4) is 5.75 Å². The number of amides is 9. The molecule has 1 saturated heterocycles. The number of unbranched alkanes of at least 4 members (excludes halogenated alkanes) is 3. The van der Waals surface area contributed by atoms with E-state index in [2.05, 4.69) is 42.2 Å². The lowest BCUT2D eigenvalue weighted by Crippen LogP contribution is -2.62. The second kappa shape index (κ2) is 25.7. The molecule has 70 heavy (non-hydrogen) atoms. The zero-order valence-electron chi connectivity index (χ0n) is 39.5. The number of hydrogen-bond donors (Lipinski definition) is 13. The Morgan fingerprint density at radius 3 is 2.24 bits per heavy atom. The molecule has 1 aromatic carbocycles. The predicted octanol–water partition coefficient (Wildman–Crippen LogP) is -3.74. The number of nitrogens with zero attached hydrogens (tertiary/aromatic N) is 1. The Bertz CT molecular complexity index is 2250. The van der Waals surface area contributed by atoms with Gasteiger partial charge in [0.05, 0.1) is 55.5 Å². The van der Waals surface area contributed by atoms with Crippen LogP contribution >= 0.6 is 11.8 Å². The summed E-state index contributed by atoms with van der Waals surface area (Å²) < 4.78 is 6.05. The van der Waals surface area contributed by atoms with Crippen LogP contribution in [0.4, 0.5) is 0 Å². The van der Waals surface area contributed by atoms with Crippen molar-refractivity contribution in [2.24, 2.45) is 23.3 Å². The van der Waals surface area contributed by atoms with E-state index >= 15 is 0 Å². The third kappa shape index (κ3) is 14.5. The van der Waals surface area contributed by atoms with Crippen molar-refractivity contribution in [1.82, 2.24) is 47.1 Å². The van der Waals surface area contributed by atoms with Crippen LogP contribution in [-0.2, 0) is 49.6 Å². The Morgan fingerprint density at radius 1 is 0.857 bits per heavy atom. The van der Waals surface area contributed by atoms with E-state index in [4.69, 9.17) is 16.2 Å². The van der Waals surface area contributed by atoms with Crippen LogP contribution in [-0.4, -0.2) is 172 Å². The van der Waals surface area contributed by atoms with Crippen molar-refractivity contribution in [1.29, 1.82) is 0 Å². The molecule has 386 valence electrons. The lowest BCUT2D eigenvalue weighted by Gasteiger charge is -2.32. The van der Waals surface area contributed by atoms with Gasteiger partial charge in [0.25, 0.3) is 0 Å². The van der Waals surface area contributed by atoms with Crippen LogP contribution in [0.25, 0.3) is 10.9 Å². The number of aliphatic hydroxyl groups excluding tert-OH is 3. The van der Waals surface area contributed by atoms with Gasteiger partial charge in [0.15, 0.2) is 0 Å². The predicted molar refractivity (Wildman–Crippen MR) is 253 cm³/mol. The quantitative estimate of drug-likeness (QED) is 0.0809. The molecular formula is C45H67N11O13S. The van der Waals surface area contributed by atoms with Gasteiger partial charge in [0.2, 0.25) is 53.2 Å². The van der Waals surface area contributed by atoms with Gasteiger partial charge in [-0.2, -0.15) is 0 Å². The average molecular weight is 1000 g/mol. The molecule has 0 aliphatic carbocycles. The van der Waals surface area contributed by atoms with Crippen LogP contribution in [0.2, 0.25) is 0 Å². The smallest absolute Gasteiger partial charge is 0.246 e. The lowest BCUT2D eigenvalue weighted by molar-refractivity contribution is -0.144. The van der Waals surface area contributed by atoms with Gasteiger partial charge in [0, 0.05) is 42.5 Å². The zero-order valence-corrected chi connectivity index (χ0v) is 40.4. The van der Waals surface area contributed by atoms with Gasteiger partial charge in [-0.1, -0.05) is 40.0 Å². The van der Waals surface area contributed by atoms with Crippen LogP contribution in [0.15, 0.2) is 23.2 Å². The normalized spacial score (nSPS) is 26.0. The summed E-state index contributed by atoms with van der Waals surface area (Å²) >= 11 is 1.01. The van der Waals surface area contributed by atoms with Crippen LogP contribution in [0, 0.1) is 11.8 Å². The van der Waals surface area contributed by atoms with Crippen LogP contribution in [0.5, 0.6) is 5.75 Å². The fourth-order valence-corrected chi connectivity index (χ4v) is 9.55. The maximum atomic E-state index is 14.6. The van der Waals surface area contributed by atoms with Gasteiger partial charge >= 0.3 is 0 Å². The number of ether oxygens (including phenoxy) is 1. The van der Waals surface area contributed by atoms with E-state index in [9.17, 15) is 58.5 Å². The number of fused-ring (bicyclic) bond motifs is 5. The number of aliphatic hydroxyl groups is 3. The molecule has 5 rings (SSSR count). The molecule has 9 amide bonds. The highest BCUT2D eigenvalue weighted by atomic mass is 32.2. The van der Waals surface area contributed by atoms with Crippen molar-refractivity contribution in [2.45, 2.75) is 126 Å². The lowest BCUT2D eigenvalue weighted by atomic mass is 9.93. The summed E-state index contributed by atoms with van der Waals surface area (Å²) in [5.74, 6) is -9.85. The Hall–Kier alpha value is -6.02. The number of hydrogen-bond acceptors (Lipinski definition) is 15. The number of carbonyl (C=O) groups is 9. The standard InChI is InChI=1S/C45H67N11O13S/c1-4-22(2)37-42(66)49-17-35(61)50-31-21-70-44-27(26-10-9-25(14-28(26)53-44)69-12-8-6-5-7-11-46)15-29(39(63)48-18-36(62)54-37)51-43(67)38(23(3)33(59)20-57)55-41(65)32-13-24(58)19-56(32)45(68)30(16-34(47)60)52-40(31)64/h9-10,14,22-24,29-33,37-38,53,57-59H,4-8,11-13,15-21,46H2,1-3H3,(H2,47,60)(H,48,63)(H,49,66)(H,50,61)(H,51,67)(H,52,64)(H,54,62)(H,55,65)/t22-,23-,24?,29?,30?,31?,32-,33-,37-,38-/m0/s1. The van der Waals surface area contributed by atoms with E-state index < -0.39 is 146 Å². The highest BCUT2D eigenvalue weighted by molar-refractivity contribution is 7.99. The maximum absolute atomic E-state index is 14.6. The Kier molecular flexibility index (Phi) is 20.2. The fraction of sp³-hybridized carbons (Fsp3) is 0.622. The van der Waals surface area contributed by atoms with Gasteiger partial charge in [-0.25, -0.2) is 0 Å². The van der Waals surface area contributed by atoms with Gasteiger partial charge < -0.3 is 78.6 Å². The molecule has 1 fully saturated rings. The van der Waals surface area contributed by atoms with E-state index in [0.717, 1.165) is 42.3 Å². The first-order valence-corrected chi connectivity index (χ1v) is 24.5. The molecule has 2 aromatic rings. The molecule has 2 bridgehead atoms. The second-order valence-electron chi connectivity index (χ2n) is 18.0. The molecule has 4 unspecified atom stereocenters. The molecule has 24 nitrogen and oxygen atoms in total. The van der Waals surface area contributed by atoms with E-state index in [1.807, 2.05) is 0 Å². The topological polar surface area (TPSA) is 379 Å². The summed E-state index contributed by atoms with van der Waals surface area (Å²) in [7, 11) is 0. The molecule has 25 heteroatoms. The number of aromatic nitrogens is 1. The minimum Gasteiger partial charge on any atom is -0.494 e. The highest BCUT2D eigenvalue weighted by Gasteiger charge is 2.45. The van der Waals surface area contributed by atoms with Crippen molar-refractivity contribution in [3.05, 3.63) is 23.8 Å². The van der Waals surface area contributed by atoms with E-state index in [1.165, 1.54) is 6.92 Å². The number of H-pyrrole nitrogens is 1. The summed E-state index contributed by atoms with van der Waals surface area (Å²) in [6.07, 6.45) is -0.443. The number of aromatic amines is 1. The van der Waals surface area contributed by atoms with Crippen molar-refractivity contribution >= 4 is 75.8 Å². The molecule has 10 atom stereocenters. The molecule has 3 aliphatic heterocycles. The van der Waals surface area contributed by atoms with E-state index in [0.29, 0.717) is 46.8 Å². The van der Waals surface area contributed by atoms with Gasteiger partial charge in [0.1, 0.15) is 42.0 Å². The largest absolute Gasteiger partial charge is 0.494 e. The highest BCUT2D eigenvalue weighted by Crippen LogP contribution is 2.34. The number of nitrogens with one attached hydrogen (secondary N) is 8. The first kappa shape index (κ1) is 54.9. The summed E-state index contributed by atoms with van der Waals surface area (Å²) in [6.45, 7) is 3.16. The monoisotopic (exact) mass is 1000 g/mol. The SMILES string of the molecule is CC[C@H](C)[C@@H]1NC(=O)CNC(=O)C2Cc3c([nH]c4cc(OCCCCCCN)ccc34)SCC(NC(=O)CNC1=O)C(=O)NC(CC(N)=O)C(=O)N1CC(O)C[C@H]1C(=O)N[C@@H]([C@@H](C)[C@@H](O)CO)C(=O)N2. The molecule has 1 aromatic heterocycles. The summed E-state index contributed by atoms with van der Waals surface area (Å²) in [4.78, 5) is 129. The molecule has 15 N–H and O–H groups in total. The summed E-state index contributed by atoms with van der Waals surface area (Å²) in [5, 5.41) is 50.3. The van der Waals surface area contributed by atoms with Gasteiger partial charge in [-0.05, 0) is 43.0 Å². The first-order valence-electron chi connectivity index (χ1n) is 23.6. The summed E-state index contributed by atoms with van der Waals surface area (Å²) in [6, 6.07) is -4.05. The number of carbonyl (C=O) groups excluding carboxylic acids is 9. The molecule has 0 radical (unpaired) electrons. The number of rotatable bonds is 14. The number of nitrogens with two attached hydrogens (primary N) is 2. The minimum atomic E-state index is -1.74. The van der Waals surface area contributed by atoms with Crippen LogP contribution in [0.3, 0.4) is 0 Å². The van der Waals surface area contributed by atoms with E-state index in [1.54, 1.807) is 32.0 Å². The van der Waals surface area contributed by atoms with Crippen molar-refractivity contribution < 1.29 is 63.2 Å². The number of benzene rings is 1. The van der Waals surface area contributed by atoms with E-state index in [-0.39, 0.29) is 18.6 Å². The molecule has 3 aliphatic rings. The fourth-order valence-electron chi connectivity index (χ4n) is 8.43. The van der Waals surface area contributed by atoms with Gasteiger partial charge in [-0.3, -0.25) is 43.2 Å². The Morgan fingerprint density at radius 2 is 1.56 bits per heavy atom. The average Bonchev–Trinajstić information content (AvgIpc) is 3.89. The second-order valence-corrected chi connectivity index (χ2v) is 19.0. The number of thioether (sulfide) groups is 1. The Balaban J connectivity index is 1.69. The molecule has 0 spiro atoms. The molecule has 0 saturated carbocycles. The third-order valence-electron chi connectivity index (χ3n) is 12.7. The van der Waals surface area contributed by atoms with Crippen LogP contribution < -0.4 is 53.4 Å². The Labute approximate surface area is 408 Å². The zero-order chi connectivity index (χ0) is 51.2. The summed E-state index contributed by atoms with van der Waals surface area (Å²) in [5.41, 5.74) is 12.1.